The van der Waals surface area contributed by atoms with E-state index in [1.807, 2.05) is 18.2 Å². The number of nitrogens with two attached hydrogens (primary N) is 1. The highest BCUT2D eigenvalue weighted by Gasteiger charge is 2.24. The fraction of sp³-hybridized carbons (Fsp3) is 0.250. The van der Waals surface area contributed by atoms with Crippen LogP contribution in [-0.2, 0) is 0 Å². The van der Waals surface area contributed by atoms with Gasteiger partial charge in [-0.1, -0.05) is 18.2 Å². The summed E-state index contributed by atoms with van der Waals surface area (Å²) in [4.78, 5) is 39.6. The molecule has 140 valence electrons. The van der Waals surface area contributed by atoms with Crippen molar-refractivity contribution in [2.24, 2.45) is 5.73 Å². The van der Waals surface area contributed by atoms with Crippen LogP contribution in [0.25, 0.3) is 0 Å². The topological polar surface area (TPSA) is 95.7 Å². The first kappa shape index (κ1) is 18.4. The summed E-state index contributed by atoms with van der Waals surface area (Å²) in [6.45, 7) is 3.66. The first-order valence-corrected chi connectivity index (χ1v) is 8.76. The molecule has 0 unspecified atom stereocenters. The van der Waals surface area contributed by atoms with E-state index in [0.717, 1.165) is 0 Å². The Morgan fingerprint density at radius 3 is 2.15 bits per heavy atom. The van der Waals surface area contributed by atoms with Gasteiger partial charge >= 0.3 is 6.03 Å². The summed E-state index contributed by atoms with van der Waals surface area (Å²) >= 11 is 0. The average Bonchev–Trinajstić information content (AvgIpc) is 2.68. The van der Waals surface area contributed by atoms with Gasteiger partial charge in [-0.15, -0.1) is 0 Å². The number of nitrogens with zero attached hydrogens (tertiary/aromatic N) is 2. The highest BCUT2D eigenvalue weighted by molar-refractivity contribution is 5.96. The van der Waals surface area contributed by atoms with Crippen LogP contribution in [0, 0.1) is 6.92 Å². The lowest BCUT2D eigenvalue weighted by molar-refractivity contribution is 0.0671. The lowest BCUT2D eigenvalue weighted by Crippen LogP contribution is -2.51. The number of hydrogen-bond acceptors (Lipinski definition) is 3. The molecule has 1 fully saturated rings. The Morgan fingerprint density at radius 2 is 1.56 bits per heavy atom. The Bertz CT molecular complexity index is 859. The fourth-order valence-corrected chi connectivity index (χ4v) is 3.10. The van der Waals surface area contributed by atoms with Crippen molar-refractivity contribution in [2.45, 2.75) is 6.92 Å². The fourth-order valence-electron chi connectivity index (χ4n) is 3.10. The van der Waals surface area contributed by atoms with Crippen molar-refractivity contribution in [1.82, 2.24) is 9.80 Å². The lowest BCUT2D eigenvalue weighted by Gasteiger charge is -2.34. The standard InChI is InChI=1S/C20H22N4O3/c1-14-13-16(7-8-17(14)18(21)25)22-20(27)24-11-9-23(10-12-24)19(26)15-5-3-2-4-6-15/h2-8,13H,9-12H2,1H3,(H2,21,25)(H,22,27). The predicted molar refractivity (Wildman–Crippen MR) is 103 cm³/mol. The van der Waals surface area contributed by atoms with Crippen LogP contribution in [0.2, 0.25) is 0 Å². The number of carbonyl (C=O) groups excluding carboxylic acids is 3. The molecule has 1 aliphatic rings. The number of urea groups is 1. The van der Waals surface area contributed by atoms with E-state index in [4.69, 9.17) is 5.73 Å². The molecule has 0 bridgehead atoms. The molecular formula is C20H22N4O3. The molecule has 0 radical (unpaired) electrons. The van der Waals surface area contributed by atoms with Crippen molar-refractivity contribution >= 4 is 23.5 Å². The van der Waals surface area contributed by atoms with Gasteiger partial charge in [-0.25, -0.2) is 4.79 Å². The van der Waals surface area contributed by atoms with Gasteiger partial charge in [0.15, 0.2) is 0 Å². The molecule has 3 rings (SSSR count). The monoisotopic (exact) mass is 366 g/mol. The second-order valence-corrected chi connectivity index (χ2v) is 6.47. The van der Waals surface area contributed by atoms with Crippen LogP contribution >= 0.6 is 0 Å². The van der Waals surface area contributed by atoms with Crippen LogP contribution in [0.4, 0.5) is 10.5 Å². The molecule has 1 aliphatic heterocycles. The molecule has 0 saturated carbocycles. The molecule has 0 spiro atoms. The Labute approximate surface area is 157 Å². The van der Waals surface area contributed by atoms with Crippen LogP contribution in [0.1, 0.15) is 26.3 Å². The van der Waals surface area contributed by atoms with E-state index in [2.05, 4.69) is 5.32 Å². The zero-order chi connectivity index (χ0) is 19.4. The summed E-state index contributed by atoms with van der Waals surface area (Å²) < 4.78 is 0. The number of primary amides is 1. The van der Waals surface area contributed by atoms with Crippen molar-refractivity contribution in [2.75, 3.05) is 31.5 Å². The maximum absolute atomic E-state index is 12.5. The number of hydrogen-bond donors (Lipinski definition) is 2. The minimum absolute atomic E-state index is 0.0201. The van der Waals surface area contributed by atoms with E-state index in [-0.39, 0.29) is 11.9 Å². The third-order valence-electron chi connectivity index (χ3n) is 4.62. The van der Waals surface area contributed by atoms with Gasteiger partial charge in [0.25, 0.3) is 5.91 Å². The van der Waals surface area contributed by atoms with Gasteiger partial charge in [0.2, 0.25) is 5.91 Å². The molecule has 3 N–H and O–H groups in total. The molecule has 7 nitrogen and oxygen atoms in total. The Morgan fingerprint density at radius 1 is 0.926 bits per heavy atom. The maximum Gasteiger partial charge on any atom is 0.321 e. The van der Waals surface area contributed by atoms with Gasteiger partial charge < -0.3 is 20.9 Å². The van der Waals surface area contributed by atoms with E-state index >= 15 is 0 Å². The SMILES string of the molecule is Cc1cc(NC(=O)N2CCN(C(=O)c3ccccc3)CC2)ccc1C(N)=O. The van der Waals surface area contributed by atoms with Crippen LogP contribution < -0.4 is 11.1 Å². The van der Waals surface area contributed by atoms with Gasteiger partial charge in [0.05, 0.1) is 0 Å². The molecule has 0 aromatic heterocycles. The third kappa shape index (κ3) is 4.25. The van der Waals surface area contributed by atoms with Crippen LogP contribution in [0.5, 0.6) is 0 Å². The maximum atomic E-state index is 12.5. The molecular weight excluding hydrogens is 344 g/mol. The Kier molecular flexibility index (Phi) is 5.40. The second-order valence-electron chi connectivity index (χ2n) is 6.47. The van der Waals surface area contributed by atoms with Crippen molar-refractivity contribution in [1.29, 1.82) is 0 Å². The normalized spacial score (nSPS) is 14.0. The molecule has 4 amide bonds. The number of amides is 4. The molecule has 27 heavy (non-hydrogen) atoms. The van der Waals surface area contributed by atoms with Crippen molar-refractivity contribution < 1.29 is 14.4 Å². The number of anilines is 1. The molecule has 0 atom stereocenters. The first-order valence-electron chi connectivity index (χ1n) is 8.76. The summed E-state index contributed by atoms with van der Waals surface area (Å²) in [5, 5.41) is 2.83. The van der Waals surface area contributed by atoms with E-state index in [9.17, 15) is 14.4 Å². The summed E-state index contributed by atoms with van der Waals surface area (Å²) in [7, 11) is 0. The number of piperazine rings is 1. The van der Waals surface area contributed by atoms with Gasteiger partial charge in [-0.2, -0.15) is 0 Å². The Hall–Kier alpha value is -3.35. The first-order chi connectivity index (χ1) is 13.0. The van der Waals surface area contributed by atoms with Gasteiger partial charge in [0, 0.05) is 43.0 Å². The van der Waals surface area contributed by atoms with Crippen molar-refractivity contribution in [3.05, 3.63) is 65.2 Å². The molecule has 2 aromatic rings. The van der Waals surface area contributed by atoms with Crippen molar-refractivity contribution in [3.63, 3.8) is 0 Å². The highest BCUT2D eigenvalue weighted by Crippen LogP contribution is 2.16. The smallest absolute Gasteiger partial charge is 0.321 e. The van der Waals surface area contributed by atoms with Crippen molar-refractivity contribution in [3.8, 4) is 0 Å². The lowest BCUT2D eigenvalue weighted by atomic mass is 10.1. The largest absolute Gasteiger partial charge is 0.366 e. The average molecular weight is 366 g/mol. The zero-order valence-electron chi connectivity index (χ0n) is 15.1. The van der Waals surface area contributed by atoms with E-state index in [1.54, 1.807) is 47.1 Å². The highest BCUT2D eigenvalue weighted by atomic mass is 16.2. The number of nitrogens with one attached hydrogen (secondary N) is 1. The molecule has 0 aliphatic carbocycles. The summed E-state index contributed by atoms with van der Waals surface area (Å²) in [5.41, 5.74) is 7.69. The number of carbonyl (C=O) groups is 3. The van der Waals surface area contributed by atoms with Crippen LogP contribution in [-0.4, -0.2) is 53.8 Å². The van der Waals surface area contributed by atoms with Gasteiger partial charge in [-0.05, 0) is 42.8 Å². The minimum atomic E-state index is -0.496. The summed E-state index contributed by atoms with van der Waals surface area (Å²) in [5.74, 6) is -0.516. The van der Waals surface area contributed by atoms with E-state index in [1.165, 1.54) is 0 Å². The van der Waals surface area contributed by atoms with E-state index in [0.29, 0.717) is 48.6 Å². The predicted octanol–water partition coefficient (Wildman–Crippen LogP) is 2.08. The number of rotatable bonds is 3. The quantitative estimate of drug-likeness (QED) is 0.870. The zero-order valence-corrected chi connectivity index (χ0v) is 15.1. The molecule has 7 heteroatoms. The van der Waals surface area contributed by atoms with Crippen LogP contribution in [0.15, 0.2) is 48.5 Å². The second kappa shape index (κ2) is 7.90. The molecule has 1 heterocycles. The summed E-state index contributed by atoms with van der Waals surface area (Å²) in [6, 6.07) is 13.9. The summed E-state index contributed by atoms with van der Waals surface area (Å²) in [6.07, 6.45) is 0. The minimum Gasteiger partial charge on any atom is -0.366 e. The number of benzene rings is 2. The molecule has 1 saturated heterocycles. The number of aryl methyl sites for hydroxylation is 1. The van der Waals surface area contributed by atoms with Crippen LogP contribution in [0.3, 0.4) is 0 Å². The Balaban J connectivity index is 1.56. The van der Waals surface area contributed by atoms with E-state index < -0.39 is 5.91 Å². The van der Waals surface area contributed by atoms with Gasteiger partial charge in [0.1, 0.15) is 0 Å². The molecule has 2 aromatic carbocycles. The third-order valence-corrected chi connectivity index (χ3v) is 4.62. The van der Waals surface area contributed by atoms with Gasteiger partial charge in [-0.3, -0.25) is 9.59 Å².